The highest BCUT2D eigenvalue weighted by Crippen LogP contribution is 2.31. The van der Waals surface area contributed by atoms with Gasteiger partial charge in [0.05, 0.1) is 24.6 Å². The van der Waals surface area contributed by atoms with E-state index in [4.69, 9.17) is 21.1 Å². The summed E-state index contributed by atoms with van der Waals surface area (Å²) in [5.41, 5.74) is 1.53. The van der Waals surface area contributed by atoms with E-state index in [2.05, 4.69) is 10.6 Å². The van der Waals surface area contributed by atoms with E-state index in [1.54, 1.807) is 43.3 Å². The number of aryl methyl sites for hydroxylation is 1. The number of ether oxygens (including phenoxy) is 2. The Morgan fingerprint density at radius 1 is 1.00 bits per heavy atom. The first-order valence-electron chi connectivity index (χ1n) is 8.04. The van der Waals surface area contributed by atoms with Crippen molar-refractivity contribution in [2.75, 3.05) is 17.7 Å². The van der Waals surface area contributed by atoms with Crippen LogP contribution in [-0.4, -0.2) is 25.0 Å². The minimum absolute atomic E-state index is 0.0665. The minimum Gasteiger partial charge on any atom is -0.495 e. The van der Waals surface area contributed by atoms with Crippen molar-refractivity contribution in [3.05, 3.63) is 47.0 Å². The molecule has 0 heterocycles. The number of carbonyl (C=O) groups is 2. The monoisotopic (exact) mass is 376 g/mol. The Bertz CT molecular complexity index is 821. The zero-order valence-corrected chi connectivity index (χ0v) is 15.8. The maximum Gasteiger partial charge on any atom is 0.314 e. The number of hydrogen-bond donors (Lipinski definition) is 2. The first-order valence-corrected chi connectivity index (χ1v) is 8.41. The van der Waals surface area contributed by atoms with Gasteiger partial charge >= 0.3 is 11.8 Å². The van der Waals surface area contributed by atoms with Crippen LogP contribution in [0.15, 0.2) is 36.4 Å². The first kappa shape index (κ1) is 19.6. The van der Waals surface area contributed by atoms with Crippen LogP contribution in [0.2, 0.25) is 5.02 Å². The summed E-state index contributed by atoms with van der Waals surface area (Å²) >= 11 is 6.04. The number of halogens is 1. The summed E-state index contributed by atoms with van der Waals surface area (Å²) < 4.78 is 10.8. The molecule has 0 spiro atoms. The molecule has 2 amide bonds. The lowest BCUT2D eigenvalue weighted by Gasteiger charge is -2.15. The molecule has 26 heavy (non-hydrogen) atoms. The van der Waals surface area contributed by atoms with Gasteiger partial charge in [-0.3, -0.25) is 9.59 Å². The highest BCUT2D eigenvalue weighted by atomic mass is 35.5. The molecule has 2 aromatic rings. The van der Waals surface area contributed by atoms with E-state index >= 15 is 0 Å². The number of amides is 2. The number of benzene rings is 2. The van der Waals surface area contributed by atoms with Crippen LogP contribution in [0.1, 0.15) is 19.4 Å². The summed E-state index contributed by atoms with van der Waals surface area (Å²) in [4.78, 5) is 24.5. The molecule has 2 rings (SSSR count). The molecule has 0 unspecified atom stereocenters. The van der Waals surface area contributed by atoms with Gasteiger partial charge in [-0.05, 0) is 44.5 Å². The third-order valence-electron chi connectivity index (χ3n) is 3.43. The van der Waals surface area contributed by atoms with Crippen molar-refractivity contribution in [3.63, 3.8) is 0 Å². The molecule has 0 bridgehead atoms. The molecule has 0 saturated carbocycles. The maximum atomic E-state index is 12.3. The standard InChI is InChI=1S/C19H21ClN2O4/c1-11(2)26-16-8-6-5-7-14(16)21-18(23)19(24)22-15-9-12(3)13(20)10-17(15)25-4/h5-11H,1-4H3,(H,21,23)(H,22,24). The largest absolute Gasteiger partial charge is 0.495 e. The second-order valence-corrected chi connectivity index (χ2v) is 6.28. The van der Waals surface area contributed by atoms with Crippen LogP contribution >= 0.6 is 11.6 Å². The fourth-order valence-electron chi connectivity index (χ4n) is 2.21. The third-order valence-corrected chi connectivity index (χ3v) is 3.84. The molecule has 0 fully saturated rings. The van der Waals surface area contributed by atoms with E-state index in [-0.39, 0.29) is 6.10 Å². The Balaban J connectivity index is 2.14. The first-order chi connectivity index (χ1) is 12.3. The van der Waals surface area contributed by atoms with Gasteiger partial charge in [-0.15, -0.1) is 0 Å². The van der Waals surface area contributed by atoms with E-state index in [9.17, 15) is 9.59 Å². The lowest BCUT2D eigenvalue weighted by Crippen LogP contribution is -2.29. The second-order valence-electron chi connectivity index (χ2n) is 5.87. The third kappa shape index (κ3) is 4.89. The molecule has 2 aromatic carbocycles. The molecule has 0 radical (unpaired) electrons. The molecule has 138 valence electrons. The number of methoxy groups -OCH3 is 1. The van der Waals surface area contributed by atoms with Gasteiger partial charge in [-0.1, -0.05) is 23.7 Å². The maximum absolute atomic E-state index is 12.3. The van der Waals surface area contributed by atoms with Crippen LogP contribution in [0.4, 0.5) is 11.4 Å². The molecule has 2 N–H and O–H groups in total. The molecule has 0 aromatic heterocycles. The summed E-state index contributed by atoms with van der Waals surface area (Å²) in [5.74, 6) is -0.794. The number of nitrogens with one attached hydrogen (secondary N) is 2. The van der Waals surface area contributed by atoms with Gasteiger partial charge in [0.1, 0.15) is 11.5 Å². The zero-order valence-electron chi connectivity index (χ0n) is 15.1. The Hall–Kier alpha value is -2.73. The Kier molecular flexibility index (Phi) is 6.46. The molecular weight excluding hydrogens is 356 g/mol. The van der Waals surface area contributed by atoms with Crippen LogP contribution in [0.5, 0.6) is 11.5 Å². The van der Waals surface area contributed by atoms with E-state index in [1.165, 1.54) is 7.11 Å². The van der Waals surface area contributed by atoms with Crippen molar-refractivity contribution < 1.29 is 19.1 Å². The summed E-state index contributed by atoms with van der Waals surface area (Å²) in [7, 11) is 1.45. The highest BCUT2D eigenvalue weighted by Gasteiger charge is 2.18. The smallest absolute Gasteiger partial charge is 0.314 e. The predicted octanol–water partition coefficient (Wildman–Crippen LogP) is 4.02. The number of carbonyl (C=O) groups excluding carboxylic acids is 2. The average molecular weight is 377 g/mol. The summed E-state index contributed by atoms with van der Waals surface area (Å²) in [6, 6.07) is 10.1. The van der Waals surface area contributed by atoms with E-state index in [0.717, 1.165) is 5.56 Å². The Morgan fingerprint density at radius 2 is 1.62 bits per heavy atom. The topological polar surface area (TPSA) is 76.7 Å². The fraction of sp³-hybridized carbons (Fsp3) is 0.263. The molecule has 0 aliphatic rings. The molecule has 0 aliphatic carbocycles. The van der Waals surface area contributed by atoms with Gasteiger partial charge in [0.25, 0.3) is 0 Å². The van der Waals surface area contributed by atoms with Gasteiger partial charge in [-0.2, -0.15) is 0 Å². The fourth-order valence-corrected chi connectivity index (χ4v) is 2.37. The van der Waals surface area contributed by atoms with Gasteiger partial charge in [-0.25, -0.2) is 0 Å². The SMILES string of the molecule is COc1cc(Cl)c(C)cc1NC(=O)C(=O)Nc1ccccc1OC(C)C. The van der Waals surface area contributed by atoms with Crippen LogP contribution in [0, 0.1) is 6.92 Å². The van der Waals surface area contributed by atoms with Crippen molar-refractivity contribution in [1.82, 2.24) is 0 Å². The van der Waals surface area contributed by atoms with Crippen LogP contribution in [0.25, 0.3) is 0 Å². The van der Waals surface area contributed by atoms with Crippen molar-refractivity contribution in [3.8, 4) is 11.5 Å². The Morgan fingerprint density at radius 3 is 2.23 bits per heavy atom. The van der Waals surface area contributed by atoms with Gasteiger partial charge in [0, 0.05) is 11.1 Å². The molecule has 7 heteroatoms. The quantitative estimate of drug-likeness (QED) is 0.772. The van der Waals surface area contributed by atoms with E-state index < -0.39 is 11.8 Å². The summed E-state index contributed by atoms with van der Waals surface area (Å²) in [6.07, 6.45) is -0.0665. The lowest BCUT2D eigenvalue weighted by molar-refractivity contribution is -0.133. The van der Waals surface area contributed by atoms with Crippen molar-refractivity contribution >= 4 is 34.8 Å². The molecule has 0 aliphatic heterocycles. The molecule has 0 atom stereocenters. The number of rotatable bonds is 5. The van der Waals surface area contributed by atoms with E-state index in [0.29, 0.717) is 27.9 Å². The highest BCUT2D eigenvalue weighted by molar-refractivity contribution is 6.44. The number of hydrogen-bond acceptors (Lipinski definition) is 4. The number of anilines is 2. The predicted molar refractivity (Wildman–Crippen MR) is 102 cm³/mol. The van der Waals surface area contributed by atoms with Crippen molar-refractivity contribution in [2.45, 2.75) is 26.9 Å². The van der Waals surface area contributed by atoms with Crippen molar-refractivity contribution in [2.24, 2.45) is 0 Å². The van der Waals surface area contributed by atoms with Crippen LogP contribution < -0.4 is 20.1 Å². The van der Waals surface area contributed by atoms with Crippen LogP contribution in [0.3, 0.4) is 0 Å². The molecule has 0 saturated heterocycles. The molecular formula is C19H21ClN2O4. The zero-order chi connectivity index (χ0) is 19.3. The summed E-state index contributed by atoms with van der Waals surface area (Å²) in [6.45, 7) is 5.54. The lowest BCUT2D eigenvalue weighted by atomic mass is 10.2. The van der Waals surface area contributed by atoms with Gasteiger partial charge in [0.2, 0.25) is 0 Å². The Labute approximate surface area is 157 Å². The van der Waals surface area contributed by atoms with Gasteiger partial charge in [0.15, 0.2) is 0 Å². The molecule has 6 nitrogen and oxygen atoms in total. The number of para-hydroxylation sites is 2. The average Bonchev–Trinajstić information content (AvgIpc) is 2.59. The normalized spacial score (nSPS) is 10.4. The second kappa shape index (κ2) is 8.58. The van der Waals surface area contributed by atoms with E-state index in [1.807, 2.05) is 13.8 Å². The van der Waals surface area contributed by atoms with Crippen molar-refractivity contribution in [1.29, 1.82) is 0 Å². The summed E-state index contributed by atoms with van der Waals surface area (Å²) in [5, 5.41) is 5.59. The van der Waals surface area contributed by atoms with Crippen LogP contribution in [-0.2, 0) is 9.59 Å². The van der Waals surface area contributed by atoms with Gasteiger partial charge < -0.3 is 20.1 Å². The minimum atomic E-state index is -0.829.